The van der Waals surface area contributed by atoms with E-state index in [0.29, 0.717) is 0 Å². The Balaban J connectivity index is 0. The Morgan fingerprint density at radius 3 is 1.00 bits per heavy atom. The van der Waals surface area contributed by atoms with E-state index in [-0.39, 0.29) is 107 Å². The van der Waals surface area contributed by atoms with Gasteiger partial charge in [0.05, 0.1) is 0 Å². The van der Waals surface area contributed by atoms with Crippen molar-refractivity contribution < 1.29 is 17.1 Å². The summed E-state index contributed by atoms with van der Waals surface area (Å²) in [4.78, 5) is 0. The Labute approximate surface area is 104 Å². The molecule has 0 rings (SSSR count). The van der Waals surface area contributed by atoms with Gasteiger partial charge in [0.2, 0.25) is 0 Å². The summed E-state index contributed by atoms with van der Waals surface area (Å²) in [6.07, 6.45) is 0. The zero-order valence-electron chi connectivity index (χ0n) is 1.92. The molecule has 0 aliphatic rings. The molecule has 0 bridgehead atoms. The fourth-order valence-corrected chi connectivity index (χ4v) is 0. The molecular weight excluding hydrogens is 399 g/mol. The summed E-state index contributed by atoms with van der Waals surface area (Å²) >= 11 is 0. The third-order valence-electron chi connectivity index (χ3n) is 0. The van der Waals surface area contributed by atoms with Gasteiger partial charge >= 0.3 is 0 Å². The predicted octanol–water partition coefficient (Wildman–Crippen LogP) is -1.14. The van der Waals surface area contributed by atoms with Gasteiger partial charge < -0.3 is 0 Å². The molecule has 0 nitrogen and oxygen atoms in total. The van der Waals surface area contributed by atoms with Gasteiger partial charge in [0.15, 0.2) is 0 Å². The molecule has 0 atom stereocenters. The number of hydrogen-bond acceptors (Lipinski definition) is 0. The van der Waals surface area contributed by atoms with E-state index >= 15 is 0 Å². The Kier molecular flexibility index (Phi) is 106. The molecule has 0 saturated carbocycles. The molecule has 4 heavy (non-hydrogen) atoms. The summed E-state index contributed by atoms with van der Waals surface area (Å²) in [6.45, 7) is 0. The normalized spacial score (nSPS) is 0. The molecule has 0 saturated heterocycles. The maximum atomic E-state index is 0. The average molecular weight is 399 g/mol. The third kappa shape index (κ3) is 9.05. The minimum Gasteiger partial charge on any atom is 0 e. The minimum atomic E-state index is 0. The second kappa shape index (κ2) is 16.1. The maximum absolute atomic E-state index is 0. The van der Waals surface area contributed by atoms with E-state index in [0.717, 1.165) is 0 Å². The maximum Gasteiger partial charge on any atom is 0 e. The van der Waals surface area contributed by atoms with Crippen molar-refractivity contribution in [3.63, 3.8) is 0 Å². The first-order chi connectivity index (χ1) is 0. The van der Waals surface area contributed by atoms with Crippen LogP contribution in [0.3, 0.4) is 0 Å². The van der Waals surface area contributed by atoms with Crippen molar-refractivity contribution in [3.05, 3.63) is 0 Å². The Hall–Kier alpha value is 3.41. The molecule has 0 heterocycles. The molecule has 4 heteroatoms. The van der Waals surface area contributed by atoms with Crippen LogP contribution in [0.2, 0.25) is 0 Å². The molecule has 0 aliphatic heterocycles. The van der Waals surface area contributed by atoms with E-state index in [2.05, 4.69) is 0 Å². The average Bonchev–Trinajstić information content (AvgIpc) is 0. The zero-order valence-corrected chi connectivity index (χ0v) is 11.9. The SMILES string of the molecule is [Ba].[Cu].[Se].[Sn]. The van der Waals surface area contributed by atoms with E-state index in [1.165, 1.54) is 0 Å². The smallest absolute Gasteiger partial charge is 0 e. The fraction of sp³-hybridized carbons (Fsp3) is 0. The van der Waals surface area contributed by atoms with Gasteiger partial charge in [0, 0.05) is 107 Å². The van der Waals surface area contributed by atoms with Crippen LogP contribution in [0.5, 0.6) is 0 Å². The second-order valence-electron chi connectivity index (χ2n) is 0. The van der Waals surface area contributed by atoms with E-state index in [1.807, 2.05) is 0 Å². The fourth-order valence-electron chi connectivity index (χ4n) is 0. The van der Waals surface area contributed by atoms with Gasteiger partial charge in [-0.25, -0.2) is 0 Å². The van der Waals surface area contributed by atoms with Crippen LogP contribution >= 0.6 is 0 Å². The van der Waals surface area contributed by atoms with Crippen LogP contribution in [0.25, 0.3) is 0 Å². The second-order valence-corrected chi connectivity index (χ2v) is 0. The standard InChI is InChI=1S/Ba.Cu.Se.Sn. The first-order valence-corrected chi connectivity index (χ1v) is 0. The van der Waals surface area contributed by atoms with Crippen molar-refractivity contribution in [1.82, 2.24) is 0 Å². The summed E-state index contributed by atoms with van der Waals surface area (Å²) in [5.74, 6) is 0. The van der Waals surface area contributed by atoms with Crippen LogP contribution in [0.15, 0.2) is 0 Å². The summed E-state index contributed by atoms with van der Waals surface area (Å²) in [7, 11) is 0. The summed E-state index contributed by atoms with van der Waals surface area (Å²) in [6, 6.07) is 0. The Morgan fingerprint density at radius 1 is 1.00 bits per heavy atom. The molecule has 0 aromatic heterocycles. The van der Waals surface area contributed by atoms with Crippen LogP contribution in [0, 0.1) is 0 Å². The summed E-state index contributed by atoms with van der Waals surface area (Å²) < 4.78 is 0. The Morgan fingerprint density at radius 2 is 1.00 bits per heavy atom. The molecule has 9 radical (unpaired) electrons. The van der Waals surface area contributed by atoms with Crippen LogP contribution in [-0.4, -0.2) is 89.9 Å². The zero-order chi connectivity index (χ0) is 0. The first-order valence-electron chi connectivity index (χ1n) is 0. The van der Waals surface area contributed by atoms with Crippen LogP contribution in [0.4, 0.5) is 0 Å². The van der Waals surface area contributed by atoms with E-state index < -0.39 is 0 Å². The summed E-state index contributed by atoms with van der Waals surface area (Å²) in [5.41, 5.74) is 0. The molecular formula is BaCuSeSn. The molecule has 0 aliphatic carbocycles. The summed E-state index contributed by atoms with van der Waals surface area (Å²) in [5, 5.41) is 0. The molecule has 0 aromatic rings. The van der Waals surface area contributed by atoms with Crippen molar-refractivity contribution in [2.24, 2.45) is 0 Å². The van der Waals surface area contributed by atoms with Crippen molar-refractivity contribution >= 4 is 89.9 Å². The van der Waals surface area contributed by atoms with Crippen LogP contribution in [0.1, 0.15) is 0 Å². The van der Waals surface area contributed by atoms with Crippen molar-refractivity contribution in [2.75, 3.05) is 0 Å². The molecule has 0 amide bonds. The van der Waals surface area contributed by atoms with E-state index in [9.17, 15) is 0 Å². The van der Waals surface area contributed by atoms with Crippen molar-refractivity contribution in [2.45, 2.75) is 0 Å². The van der Waals surface area contributed by atoms with E-state index in [4.69, 9.17) is 0 Å². The molecule has 0 fully saturated rings. The van der Waals surface area contributed by atoms with Crippen molar-refractivity contribution in [3.8, 4) is 0 Å². The van der Waals surface area contributed by atoms with Gasteiger partial charge in [0.25, 0.3) is 0 Å². The quantitative estimate of drug-likeness (QED) is 0.453. The molecule has 0 unspecified atom stereocenters. The topological polar surface area (TPSA) is 0 Å². The van der Waals surface area contributed by atoms with Gasteiger partial charge in [-0.15, -0.1) is 0 Å². The third-order valence-corrected chi connectivity index (χ3v) is 0. The number of rotatable bonds is 0. The molecule has 0 aromatic carbocycles. The van der Waals surface area contributed by atoms with Crippen LogP contribution < -0.4 is 0 Å². The monoisotopic (exact) mass is 401 g/mol. The Bertz CT molecular complexity index is 8.00. The van der Waals surface area contributed by atoms with Crippen molar-refractivity contribution in [1.29, 1.82) is 0 Å². The molecule has 23 valence electrons. The van der Waals surface area contributed by atoms with Gasteiger partial charge in [-0.2, -0.15) is 0 Å². The molecule has 0 N–H and O–H groups in total. The van der Waals surface area contributed by atoms with Gasteiger partial charge in [-0.1, -0.05) is 0 Å². The van der Waals surface area contributed by atoms with Gasteiger partial charge in [-0.05, 0) is 0 Å². The largest absolute Gasteiger partial charge is 0 e. The molecule has 0 spiro atoms. The predicted molar refractivity (Wildman–Crippen MR) is 17.3 cm³/mol. The van der Waals surface area contributed by atoms with Gasteiger partial charge in [0.1, 0.15) is 0 Å². The van der Waals surface area contributed by atoms with Crippen LogP contribution in [-0.2, 0) is 17.1 Å². The van der Waals surface area contributed by atoms with Gasteiger partial charge in [-0.3, -0.25) is 0 Å². The number of hydrogen-bond donors (Lipinski definition) is 0. The van der Waals surface area contributed by atoms with E-state index in [1.54, 1.807) is 0 Å². The first kappa shape index (κ1) is 26.2. The minimum absolute atomic E-state index is 0.